The van der Waals surface area contributed by atoms with Crippen LogP contribution in [-0.2, 0) is 11.2 Å². The van der Waals surface area contributed by atoms with Crippen molar-refractivity contribution in [3.05, 3.63) is 66.0 Å². The van der Waals surface area contributed by atoms with Gasteiger partial charge in [0.2, 0.25) is 5.91 Å². The fraction of sp³-hybridized carbons (Fsp3) is 0.500. The SMILES string of the molecule is O=C(CN1CCCN(C(=O)c2ccncc2)CC1)N1CCC(CCc2ccccc2)CC1. The second kappa shape index (κ2) is 11.2. The summed E-state index contributed by atoms with van der Waals surface area (Å²) in [6.07, 6.45) is 8.74. The van der Waals surface area contributed by atoms with E-state index in [4.69, 9.17) is 0 Å². The van der Waals surface area contributed by atoms with Crippen LogP contribution in [0.5, 0.6) is 0 Å². The molecule has 0 atom stereocenters. The predicted molar refractivity (Wildman–Crippen MR) is 125 cm³/mol. The normalized spacial score (nSPS) is 18.4. The van der Waals surface area contributed by atoms with E-state index in [1.165, 1.54) is 12.0 Å². The van der Waals surface area contributed by atoms with Crippen LogP contribution in [0, 0.1) is 5.92 Å². The van der Waals surface area contributed by atoms with E-state index in [-0.39, 0.29) is 11.8 Å². The second-order valence-corrected chi connectivity index (χ2v) is 9.01. The highest BCUT2D eigenvalue weighted by Crippen LogP contribution is 2.22. The highest BCUT2D eigenvalue weighted by molar-refractivity contribution is 5.94. The van der Waals surface area contributed by atoms with Gasteiger partial charge in [0.15, 0.2) is 0 Å². The topological polar surface area (TPSA) is 56.8 Å². The summed E-state index contributed by atoms with van der Waals surface area (Å²) < 4.78 is 0. The van der Waals surface area contributed by atoms with Gasteiger partial charge in [-0.1, -0.05) is 30.3 Å². The third-order valence-corrected chi connectivity index (χ3v) is 6.81. The van der Waals surface area contributed by atoms with E-state index >= 15 is 0 Å². The Morgan fingerprint density at radius 1 is 0.844 bits per heavy atom. The number of aromatic nitrogens is 1. The van der Waals surface area contributed by atoms with Crippen molar-refractivity contribution < 1.29 is 9.59 Å². The van der Waals surface area contributed by atoms with Gasteiger partial charge in [-0.05, 0) is 55.7 Å². The van der Waals surface area contributed by atoms with Crippen molar-refractivity contribution in [3.8, 4) is 0 Å². The maximum Gasteiger partial charge on any atom is 0.254 e. The molecule has 0 unspecified atom stereocenters. The lowest BCUT2D eigenvalue weighted by atomic mass is 9.90. The molecule has 2 aliphatic rings. The highest BCUT2D eigenvalue weighted by atomic mass is 16.2. The fourth-order valence-electron chi connectivity index (χ4n) is 4.79. The Labute approximate surface area is 191 Å². The summed E-state index contributed by atoms with van der Waals surface area (Å²) in [7, 11) is 0. The summed E-state index contributed by atoms with van der Waals surface area (Å²) >= 11 is 0. The van der Waals surface area contributed by atoms with E-state index in [0.29, 0.717) is 24.6 Å². The number of piperidine rings is 1. The van der Waals surface area contributed by atoms with Gasteiger partial charge in [0.05, 0.1) is 6.54 Å². The smallest absolute Gasteiger partial charge is 0.254 e. The van der Waals surface area contributed by atoms with Crippen LogP contribution >= 0.6 is 0 Å². The van der Waals surface area contributed by atoms with Gasteiger partial charge in [0.25, 0.3) is 5.91 Å². The quantitative estimate of drug-likeness (QED) is 0.701. The molecule has 2 saturated heterocycles. The van der Waals surface area contributed by atoms with Crippen LogP contribution in [0.4, 0.5) is 0 Å². The molecule has 2 fully saturated rings. The molecule has 3 heterocycles. The maximum atomic E-state index is 12.9. The number of carbonyl (C=O) groups excluding carboxylic acids is 2. The first-order chi connectivity index (χ1) is 15.7. The first kappa shape index (κ1) is 22.5. The summed E-state index contributed by atoms with van der Waals surface area (Å²) in [4.78, 5) is 35.8. The fourth-order valence-corrected chi connectivity index (χ4v) is 4.79. The van der Waals surface area contributed by atoms with Gasteiger partial charge in [-0.25, -0.2) is 0 Å². The minimum absolute atomic E-state index is 0.0538. The summed E-state index contributed by atoms with van der Waals surface area (Å²) in [5, 5.41) is 0. The molecule has 6 nitrogen and oxygen atoms in total. The zero-order valence-corrected chi connectivity index (χ0v) is 18.9. The van der Waals surface area contributed by atoms with Crippen molar-refractivity contribution in [2.45, 2.75) is 32.1 Å². The third-order valence-electron chi connectivity index (χ3n) is 6.81. The van der Waals surface area contributed by atoms with Gasteiger partial charge >= 0.3 is 0 Å². The van der Waals surface area contributed by atoms with Crippen molar-refractivity contribution in [1.29, 1.82) is 0 Å². The Morgan fingerprint density at radius 3 is 2.34 bits per heavy atom. The standard InChI is InChI=1S/C26H34N4O2/c31-25(29-17-11-23(12-18-29)8-7-22-5-2-1-3-6-22)21-28-15-4-16-30(20-19-28)26(32)24-9-13-27-14-10-24/h1-3,5-6,9-10,13-14,23H,4,7-8,11-12,15-21H2. The van der Waals surface area contributed by atoms with Crippen molar-refractivity contribution >= 4 is 11.8 Å². The number of rotatable bonds is 6. The Balaban J connectivity index is 1.19. The van der Waals surface area contributed by atoms with Gasteiger partial charge in [0, 0.05) is 57.2 Å². The zero-order chi connectivity index (χ0) is 22.2. The molecule has 4 rings (SSSR count). The van der Waals surface area contributed by atoms with Crippen LogP contribution in [0.15, 0.2) is 54.9 Å². The number of amides is 2. The van der Waals surface area contributed by atoms with Crippen LogP contribution in [0.1, 0.15) is 41.6 Å². The average Bonchev–Trinajstić information content (AvgIpc) is 3.09. The lowest BCUT2D eigenvalue weighted by Crippen LogP contribution is -2.45. The molecule has 6 heteroatoms. The van der Waals surface area contributed by atoms with E-state index in [1.54, 1.807) is 24.5 Å². The molecule has 2 amide bonds. The Bertz CT molecular complexity index is 866. The molecule has 0 N–H and O–H groups in total. The van der Waals surface area contributed by atoms with Crippen molar-refractivity contribution in [1.82, 2.24) is 19.7 Å². The molecule has 32 heavy (non-hydrogen) atoms. The van der Waals surface area contributed by atoms with E-state index in [9.17, 15) is 9.59 Å². The van der Waals surface area contributed by atoms with Gasteiger partial charge < -0.3 is 9.80 Å². The molecule has 0 bridgehead atoms. The van der Waals surface area contributed by atoms with Crippen molar-refractivity contribution in [2.75, 3.05) is 45.8 Å². The average molecular weight is 435 g/mol. The molecule has 0 aliphatic carbocycles. The molecule has 1 aromatic carbocycles. The molecular weight excluding hydrogens is 400 g/mol. The van der Waals surface area contributed by atoms with Gasteiger partial charge in [-0.15, -0.1) is 0 Å². The number of hydrogen-bond acceptors (Lipinski definition) is 4. The molecule has 2 aromatic rings. The van der Waals surface area contributed by atoms with Crippen molar-refractivity contribution in [2.24, 2.45) is 5.92 Å². The molecule has 170 valence electrons. The van der Waals surface area contributed by atoms with Crippen LogP contribution in [0.3, 0.4) is 0 Å². The molecule has 0 spiro atoms. The second-order valence-electron chi connectivity index (χ2n) is 9.01. The number of nitrogens with zero attached hydrogens (tertiary/aromatic N) is 4. The van der Waals surface area contributed by atoms with Crippen LogP contribution in [0.25, 0.3) is 0 Å². The first-order valence-corrected chi connectivity index (χ1v) is 11.9. The summed E-state index contributed by atoms with van der Waals surface area (Å²) in [6.45, 7) is 5.22. The third kappa shape index (κ3) is 6.16. The van der Waals surface area contributed by atoms with Gasteiger partial charge in [-0.3, -0.25) is 19.5 Å². The van der Waals surface area contributed by atoms with Crippen LogP contribution in [0.2, 0.25) is 0 Å². The largest absolute Gasteiger partial charge is 0.342 e. The predicted octanol–water partition coefficient (Wildman–Crippen LogP) is 3.10. The lowest BCUT2D eigenvalue weighted by Gasteiger charge is -2.33. The minimum atomic E-state index is 0.0538. The summed E-state index contributed by atoms with van der Waals surface area (Å²) in [6, 6.07) is 14.2. The van der Waals surface area contributed by atoms with E-state index in [0.717, 1.165) is 58.4 Å². The molecule has 0 saturated carbocycles. The summed E-state index contributed by atoms with van der Waals surface area (Å²) in [5.41, 5.74) is 2.09. The van der Waals surface area contributed by atoms with E-state index in [1.807, 2.05) is 9.80 Å². The maximum absolute atomic E-state index is 12.9. The Morgan fingerprint density at radius 2 is 1.59 bits per heavy atom. The highest BCUT2D eigenvalue weighted by Gasteiger charge is 2.26. The number of benzene rings is 1. The van der Waals surface area contributed by atoms with Crippen molar-refractivity contribution in [3.63, 3.8) is 0 Å². The molecular formula is C26H34N4O2. The number of pyridine rings is 1. The minimum Gasteiger partial charge on any atom is -0.342 e. The van der Waals surface area contributed by atoms with Crippen LogP contribution in [-0.4, -0.2) is 77.3 Å². The monoisotopic (exact) mass is 434 g/mol. The van der Waals surface area contributed by atoms with Gasteiger partial charge in [-0.2, -0.15) is 0 Å². The van der Waals surface area contributed by atoms with E-state index < -0.39 is 0 Å². The van der Waals surface area contributed by atoms with E-state index in [2.05, 4.69) is 40.2 Å². The Kier molecular flexibility index (Phi) is 7.88. The zero-order valence-electron chi connectivity index (χ0n) is 18.9. The van der Waals surface area contributed by atoms with Gasteiger partial charge in [0.1, 0.15) is 0 Å². The number of hydrogen-bond donors (Lipinski definition) is 0. The molecule has 2 aliphatic heterocycles. The Hall–Kier alpha value is -2.73. The molecule has 0 radical (unpaired) electrons. The molecule has 1 aromatic heterocycles. The lowest BCUT2D eigenvalue weighted by molar-refractivity contribution is -0.133. The number of carbonyl (C=O) groups is 2. The number of aryl methyl sites for hydroxylation is 1. The first-order valence-electron chi connectivity index (χ1n) is 11.9. The summed E-state index contributed by atoms with van der Waals surface area (Å²) in [5.74, 6) is 1.00. The van der Waals surface area contributed by atoms with Crippen LogP contribution < -0.4 is 0 Å². The number of likely N-dealkylation sites (tertiary alicyclic amines) is 1.